The van der Waals surface area contributed by atoms with Gasteiger partial charge >= 0.3 is 0 Å². The molecule has 0 aromatic heterocycles. The van der Waals surface area contributed by atoms with Crippen molar-refractivity contribution in [1.82, 2.24) is 0 Å². The minimum absolute atomic E-state index is 0.133. The zero-order chi connectivity index (χ0) is 13.8. The number of aliphatic hydroxyl groups is 1. The fourth-order valence-electron chi connectivity index (χ4n) is 4.49. The topological polar surface area (TPSA) is 55.8 Å². The van der Waals surface area contributed by atoms with Crippen molar-refractivity contribution >= 4 is 6.29 Å². The number of carbonyl (C=O) groups excluding carboxylic acids is 1. The Bertz CT molecular complexity index is 430. The van der Waals surface area contributed by atoms with Gasteiger partial charge in [-0.05, 0) is 37.2 Å². The van der Waals surface area contributed by atoms with Gasteiger partial charge in [0.15, 0.2) is 0 Å². The molecule has 2 aliphatic carbocycles. The molecule has 4 nitrogen and oxygen atoms in total. The average molecular weight is 266 g/mol. The maximum Gasteiger partial charge on any atom is 0.148 e. The summed E-state index contributed by atoms with van der Waals surface area (Å²) >= 11 is 0. The van der Waals surface area contributed by atoms with Crippen molar-refractivity contribution in [2.75, 3.05) is 0 Å². The van der Waals surface area contributed by atoms with Crippen LogP contribution < -0.4 is 0 Å². The molecule has 1 saturated carbocycles. The summed E-state index contributed by atoms with van der Waals surface area (Å²) in [6, 6.07) is 0. The minimum Gasteiger partial charge on any atom is -0.386 e. The Hall–Kier alpha value is -0.710. The number of hydrogen-bond donors (Lipinski definition) is 1. The first-order valence-corrected chi connectivity index (χ1v) is 7.14. The van der Waals surface area contributed by atoms with E-state index >= 15 is 0 Å². The molecule has 5 atom stereocenters. The van der Waals surface area contributed by atoms with Gasteiger partial charge < -0.3 is 5.11 Å². The first-order valence-electron chi connectivity index (χ1n) is 7.14. The van der Waals surface area contributed by atoms with Crippen LogP contribution in [0.3, 0.4) is 0 Å². The van der Waals surface area contributed by atoms with Crippen LogP contribution in [0.4, 0.5) is 0 Å². The number of aldehydes is 1. The molecule has 4 aliphatic rings. The first kappa shape index (κ1) is 13.3. The normalized spacial score (nSPS) is 48.9. The van der Waals surface area contributed by atoms with Crippen LogP contribution in [0.5, 0.6) is 0 Å². The molecular formula is C15H22O4. The highest BCUT2D eigenvalue weighted by Crippen LogP contribution is 2.62. The molecular weight excluding hydrogens is 244 g/mol. The second-order valence-electron chi connectivity index (χ2n) is 6.84. The second kappa shape index (κ2) is 4.14. The number of hydrogen-bond acceptors (Lipinski definition) is 4. The summed E-state index contributed by atoms with van der Waals surface area (Å²) in [5.41, 5.74) is -0.323. The van der Waals surface area contributed by atoms with Crippen LogP contribution in [0.2, 0.25) is 0 Å². The molecule has 1 N–H and O–H groups in total. The largest absolute Gasteiger partial charge is 0.386 e. The summed E-state index contributed by atoms with van der Waals surface area (Å²) in [7, 11) is 0. The lowest BCUT2D eigenvalue weighted by atomic mass is 9.65. The highest BCUT2D eigenvalue weighted by atomic mass is 17.2. The molecule has 2 fully saturated rings. The molecule has 1 spiro atoms. The van der Waals surface area contributed by atoms with Gasteiger partial charge in [-0.15, -0.1) is 0 Å². The van der Waals surface area contributed by atoms with Crippen molar-refractivity contribution in [2.45, 2.75) is 57.8 Å². The zero-order valence-corrected chi connectivity index (χ0v) is 11.8. The van der Waals surface area contributed by atoms with Gasteiger partial charge in [-0.25, -0.2) is 9.78 Å². The van der Waals surface area contributed by atoms with Crippen LogP contribution in [0.1, 0.15) is 40.0 Å². The Morgan fingerprint density at radius 1 is 1.53 bits per heavy atom. The second-order valence-corrected chi connectivity index (χ2v) is 6.84. The Balaban J connectivity index is 2.12. The van der Waals surface area contributed by atoms with Crippen molar-refractivity contribution in [3.05, 3.63) is 11.6 Å². The average Bonchev–Trinajstić information content (AvgIpc) is 2.57. The third-order valence-corrected chi connectivity index (χ3v) is 5.54. The maximum atomic E-state index is 11.2. The summed E-state index contributed by atoms with van der Waals surface area (Å²) in [6.07, 6.45) is 4.11. The number of carbonyl (C=O) groups is 1. The van der Waals surface area contributed by atoms with Gasteiger partial charge in [0.25, 0.3) is 0 Å². The Labute approximate surface area is 113 Å². The van der Waals surface area contributed by atoms with E-state index < -0.39 is 11.7 Å². The Morgan fingerprint density at radius 2 is 2.26 bits per heavy atom. The van der Waals surface area contributed by atoms with Crippen molar-refractivity contribution < 1.29 is 19.7 Å². The standard InChI is InChI=1S/C15H22O4/c1-9(2)11-4-5-14(3)7-12-10(8-16)6-13(17)15(11,14)19-18-12/h6,8-9,11-13,17H,4-5,7H2,1-3H3. The molecule has 2 bridgehead atoms. The summed E-state index contributed by atoms with van der Waals surface area (Å²) < 4.78 is 0. The highest BCUT2D eigenvalue weighted by Gasteiger charge is 2.67. The Kier molecular flexibility index (Phi) is 2.89. The fraction of sp³-hybridized carbons (Fsp3) is 0.800. The van der Waals surface area contributed by atoms with Crippen molar-refractivity contribution in [3.8, 4) is 0 Å². The van der Waals surface area contributed by atoms with Gasteiger partial charge in [0.05, 0.1) is 0 Å². The van der Waals surface area contributed by atoms with Gasteiger partial charge in [-0.1, -0.05) is 20.8 Å². The van der Waals surface area contributed by atoms with Gasteiger partial charge in [0, 0.05) is 11.0 Å². The van der Waals surface area contributed by atoms with E-state index in [0.29, 0.717) is 11.5 Å². The van der Waals surface area contributed by atoms with E-state index in [2.05, 4.69) is 20.8 Å². The van der Waals surface area contributed by atoms with E-state index in [1.807, 2.05) is 0 Å². The summed E-state index contributed by atoms with van der Waals surface area (Å²) in [5.74, 6) is 0.651. The number of aliphatic hydroxyl groups excluding tert-OH is 1. The molecule has 2 heterocycles. The van der Waals surface area contributed by atoms with Gasteiger partial charge in [0.2, 0.25) is 0 Å². The first-order chi connectivity index (χ1) is 8.94. The van der Waals surface area contributed by atoms with Crippen LogP contribution in [0.15, 0.2) is 11.6 Å². The van der Waals surface area contributed by atoms with Crippen LogP contribution in [-0.4, -0.2) is 29.2 Å². The molecule has 0 radical (unpaired) electrons. The molecule has 4 heteroatoms. The van der Waals surface area contributed by atoms with Gasteiger partial charge in [0.1, 0.15) is 24.1 Å². The third kappa shape index (κ3) is 1.54. The van der Waals surface area contributed by atoms with Crippen molar-refractivity contribution in [3.63, 3.8) is 0 Å². The number of fused-ring (bicyclic) bond motifs is 2. The van der Waals surface area contributed by atoms with E-state index in [1.54, 1.807) is 6.08 Å². The lowest BCUT2D eigenvalue weighted by molar-refractivity contribution is -0.445. The minimum atomic E-state index is -0.778. The molecule has 0 aromatic carbocycles. The van der Waals surface area contributed by atoms with Crippen LogP contribution in [-0.2, 0) is 14.6 Å². The smallest absolute Gasteiger partial charge is 0.148 e. The van der Waals surface area contributed by atoms with Crippen LogP contribution in [0, 0.1) is 17.3 Å². The Morgan fingerprint density at radius 3 is 2.89 bits per heavy atom. The lowest BCUT2D eigenvalue weighted by Crippen LogP contribution is -2.60. The molecule has 106 valence electrons. The fourth-order valence-corrected chi connectivity index (χ4v) is 4.49. The molecule has 1 saturated heterocycles. The van der Waals surface area contributed by atoms with E-state index in [1.165, 1.54) is 0 Å². The van der Waals surface area contributed by atoms with Crippen molar-refractivity contribution in [1.29, 1.82) is 0 Å². The van der Waals surface area contributed by atoms with E-state index in [9.17, 15) is 9.90 Å². The summed E-state index contributed by atoms with van der Waals surface area (Å²) in [4.78, 5) is 22.4. The summed E-state index contributed by atoms with van der Waals surface area (Å²) in [5, 5.41) is 10.7. The number of rotatable bonds is 2. The van der Waals surface area contributed by atoms with E-state index in [4.69, 9.17) is 9.78 Å². The van der Waals surface area contributed by atoms with Crippen molar-refractivity contribution in [2.24, 2.45) is 17.3 Å². The SMILES string of the molecule is CC(C)C1CCC2(C)CC3OOC12C(O)C=C3C=O. The lowest BCUT2D eigenvalue weighted by Gasteiger charge is -2.51. The molecule has 19 heavy (non-hydrogen) atoms. The predicted octanol–water partition coefficient (Wildman–Crippen LogP) is 2.02. The molecule has 5 unspecified atom stereocenters. The molecule has 4 rings (SSSR count). The third-order valence-electron chi connectivity index (χ3n) is 5.54. The zero-order valence-electron chi connectivity index (χ0n) is 11.8. The van der Waals surface area contributed by atoms with Crippen LogP contribution in [0.25, 0.3) is 0 Å². The molecule has 0 amide bonds. The summed E-state index contributed by atoms with van der Waals surface area (Å²) in [6.45, 7) is 6.47. The van der Waals surface area contributed by atoms with E-state index in [-0.39, 0.29) is 17.4 Å². The van der Waals surface area contributed by atoms with Crippen LogP contribution >= 0.6 is 0 Å². The molecule has 2 aliphatic heterocycles. The molecule has 0 aromatic rings. The maximum absolute atomic E-state index is 11.2. The monoisotopic (exact) mass is 266 g/mol. The van der Waals surface area contributed by atoms with Gasteiger partial charge in [-0.3, -0.25) is 4.79 Å². The quantitative estimate of drug-likeness (QED) is 0.613. The van der Waals surface area contributed by atoms with E-state index in [0.717, 1.165) is 25.5 Å². The van der Waals surface area contributed by atoms with Gasteiger partial charge in [-0.2, -0.15) is 0 Å². The highest BCUT2D eigenvalue weighted by molar-refractivity contribution is 5.75. The predicted molar refractivity (Wildman–Crippen MR) is 69.1 cm³/mol.